The molecule has 138 valence electrons. The fraction of sp³-hybridized carbons (Fsp3) is 0.136. The van der Waals surface area contributed by atoms with Crippen LogP contribution < -0.4 is 21.1 Å². The second kappa shape index (κ2) is 8.87. The van der Waals surface area contributed by atoms with Crippen LogP contribution in [0, 0.1) is 0 Å². The number of hydrogen-bond donors (Lipinski definition) is 2. The van der Waals surface area contributed by atoms with Crippen LogP contribution in [0.25, 0.3) is 0 Å². The van der Waals surface area contributed by atoms with Crippen molar-refractivity contribution < 1.29 is 9.53 Å². The Labute approximate surface area is 159 Å². The summed E-state index contributed by atoms with van der Waals surface area (Å²) in [6, 6.07) is 24.6. The number of nitrogens with two attached hydrogens (primary N) is 2. The van der Waals surface area contributed by atoms with Gasteiger partial charge in [0.05, 0.1) is 6.54 Å². The number of benzene rings is 3. The van der Waals surface area contributed by atoms with Gasteiger partial charge in [-0.3, -0.25) is 4.90 Å². The molecule has 0 radical (unpaired) electrons. The summed E-state index contributed by atoms with van der Waals surface area (Å²) in [5.74, 6) is 0.682. The monoisotopic (exact) mass is 361 g/mol. The number of ether oxygens (including phenoxy) is 1. The summed E-state index contributed by atoms with van der Waals surface area (Å²) in [4.78, 5) is 13.5. The Hall–Kier alpha value is -3.31. The zero-order valence-electron chi connectivity index (χ0n) is 15.0. The van der Waals surface area contributed by atoms with Crippen molar-refractivity contribution in [1.29, 1.82) is 0 Å². The van der Waals surface area contributed by atoms with Crippen molar-refractivity contribution in [3.05, 3.63) is 95.6 Å². The van der Waals surface area contributed by atoms with Crippen LogP contribution in [0.1, 0.15) is 16.7 Å². The lowest BCUT2D eigenvalue weighted by Crippen LogP contribution is -2.35. The predicted octanol–water partition coefficient (Wildman–Crippen LogP) is 3.81. The lowest BCUT2D eigenvalue weighted by Gasteiger charge is -2.21. The molecule has 4 N–H and O–H groups in total. The number of carbonyl (C=O) groups excluding carboxylic acids is 1. The standard InChI is InChI=1S/C22H23N3O2/c23-14-17-9-11-18(12-10-17)15-25(22(24)26)20-7-4-8-21(13-20)27-16-19-5-2-1-3-6-19/h1-13H,14-16,23H2,(H2,24,26). The first kappa shape index (κ1) is 18.5. The van der Waals surface area contributed by atoms with Crippen molar-refractivity contribution in [2.75, 3.05) is 4.90 Å². The molecule has 0 aliphatic rings. The van der Waals surface area contributed by atoms with E-state index in [4.69, 9.17) is 16.2 Å². The van der Waals surface area contributed by atoms with Gasteiger partial charge in [-0.25, -0.2) is 4.79 Å². The maximum absolute atomic E-state index is 12.0. The molecule has 0 spiro atoms. The van der Waals surface area contributed by atoms with Crippen molar-refractivity contribution in [2.45, 2.75) is 19.7 Å². The van der Waals surface area contributed by atoms with Crippen molar-refractivity contribution in [2.24, 2.45) is 11.5 Å². The number of carbonyl (C=O) groups is 1. The van der Waals surface area contributed by atoms with Gasteiger partial charge < -0.3 is 16.2 Å². The highest BCUT2D eigenvalue weighted by Crippen LogP contribution is 2.24. The minimum absolute atomic E-state index is 0.377. The normalized spacial score (nSPS) is 10.4. The number of nitrogens with zero attached hydrogens (tertiary/aromatic N) is 1. The van der Waals surface area contributed by atoms with Gasteiger partial charge in [0.15, 0.2) is 0 Å². The van der Waals surface area contributed by atoms with E-state index in [1.807, 2.05) is 78.9 Å². The van der Waals surface area contributed by atoms with Crippen molar-refractivity contribution >= 4 is 11.7 Å². The second-order valence-corrected chi connectivity index (χ2v) is 6.22. The zero-order valence-corrected chi connectivity index (χ0v) is 15.0. The van der Waals surface area contributed by atoms with Gasteiger partial charge in [-0.15, -0.1) is 0 Å². The molecule has 0 aliphatic heterocycles. The summed E-state index contributed by atoms with van der Waals surface area (Å²) in [6.45, 7) is 1.32. The number of anilines is 1. The summed E-state index contributed by atoms with van der Waals surface area (Å²) in [7, 11) is 0. The summed E-state index contributed by atoms with van der Waals surface area (Å²) >= 11 is 0. The van der Waals surface area contributed by atoms with Crippen molar-refractivity contribution in [3.63, 3.8) is 0 Å². The molecule has 27 heavy (non-hydrogen) atoms. The summed E-state index contributed by atoms with van der Waals surface area (Å²) in [6.07, 6.45) is 0. The first-order valence-electron chi connectivity index (χ1n) is 8.77. The molecule has 3 rings (SSSR count). The van der Waals surface area contributed by atoms with Crippen LogP contribution in [-0.4, -0.2) is 6.03 Å². The minimum atomic E-state index is -0.516. The molecule has 0 atom stereocenters. The maximum Gasteiger partial charge on any atom is 0.319 e. The number of amides is 2. The maximum atomic E-state index is 12.0. The molecule has 3 aromatic rings. The van der Waals surface area contributed by atoms with Crippen LogP contribution in [0.3, 0.4) is 0 Å². The molecule has 5 nitrogen and oxygen atoms in total. The smallest absolute Gasteiger partial charge is 0.319 e. The van der Waals surface area contributed by atoms with Crippen LogP contribution >= 0.6 is 0 Å². The van der Waals surface area contributed by atoms with E-state index in [9.17, 15) is 4.79 Å². The van der Waals surface area contributed by atoms with E-state index >= 15 is 0 Å². The molecule has 0 saturated carbocycles. The number of hydrogen-bond acceptors (Lipinski definition) is 3. The van der Waals surface area contributed by atoms with E-state index in [1.54, 1.807) is 0 Å². The van der Waals surface area contributed by atoms with E-state index < -0.39 is 6.03 Å². The van der Waals surface area contributed by atoms with Gasteiger partial charge in [-0.2, -0.15) is 0 Å². The Morgan fingerprint density at radius 2 is 1.56 bits per heavy atom. The number of rotatable bonds is 7. The first-order chi connectivity index (χ1) is 13.2. The fourth-order valence-electron chi connectivity index (χ4n) is 2.74. The Morgan fingerprint density at radius 3 is 2.22 bits per heavy atom. The third-order valence-electron chi connectivity index (χ3n) is 4.24. The van der Waals surface area contributed by atoms with E-state index in [2.05, 4.69) is 0 Å². The summed E-state index contributed by atoms with van der Waals surface area (Å²) in [5, 5.41) is 0. The third-order valence-corrected chi connectivity index (χ3v) is 4.24. The zero-order chi connectivity index (χ0) is 19.1. The topological polar surface area (TPSA) is 81.6 Å². The highest BCUT2D eigenvalue weighted by atomic mass is 16.5. The Bertz CT molecular complexity index is 880. The third kappa shape index (κ3) is 5.09. The fourth-order valence-corrected chi connectivity index (χ4v) is 2.74. The van der Waals surface area contributed by atoms with E-state index in [1.165, 1.54) is 4.90 Å². The molecule has 0 unspecified atom stereocenters. The Balaban J connectivity index is 1.73. The number of primary amides is 1. The van der Waals surface area contributed by atoms with Crippen LogP contribution in [0.2, 0.25) is 0 Å². The minimum Gasteiger partial charge on any atom is -0.489 e. The molecule has 5 heteroatoms. The Kier molecular flexibility index (Phi) is 6.07. The molecule has 3 aromatic carbocycles. The van der Waals surface area contributed by atoms with Gasteiger partial charge in [0.1, 0.15) is 12.4 Å². The molecule has 0 aliphatic carbocycles. The molecule has 0 heterocycles. The summed E-state index contributed by atoms with van der Waals surface area (Å²) < 4.78 is 5.85. The largest absolute Gasteiger partial charge is 0.489 e. The van der Waals surface area contributed by atoms with Crippen LogP contribution in [-0.2, 0) is 19.7 Å². The van der Waals surface area contributed by atoms with Crippen molar-refractivity contribution in [3.8, 4) is 5.75 Å². The highest BCUT2D eigenvalue weighted by Gasteiger charge is 2.14. The van der Waals surface area contributed by atoms with Crippen LogP contribution in [0.4, 0.5) is 10.5 Å². The molecule has 0 fully saturated rings. The average molecular weight is 361 g/mol. The van der Waals surface area contributed by atoms with Gasteiger partial charge in [-0.05, 0) is 28.8 Å². The van der Waals surface area contributed by atoms with E-state index in [0.717, 1.165) is 16.7 Å². The molecule has 0 saturated heterocycles. The van der Waals surface area contributed by atoms with Gasteiger partial charge in [0, 0.05) is 18.3 Å². The second-order valence-electron chi connectivity index (χ2n) is 6.22. The highest BCUT2D eigenvalue weighted by molar-refractivity contribution is 5.90. The molecule has 2 amide bonds. The Morgan fingerprint density at radius 1 is 0.852 bits per heavy atom. The van der Waals surface area contributed by atoms with Gasteiger partial charge in [0.25, 0.3) is 0 Å². The lowest BCUT2D eigenvalue weighted by molar-refractivity contribution is 0.253. The number of urea groups is 1. The van der Waals surface area contributed by atoms with E-state index in [0.29, 0.717) is 31.1 Å². The van der Waals surface area contributed by atoms with Gasteiger partial charge in [0.2, 0.25) is 0 Å². The SMILES string of the molecule is NCc1ccc(CN(C(N)=O)c2cccc(OCc3ccccc3)c2)cc1. The van der Waals surface area contributed by atoms with Gasteiger partial charge >= 0.3 is 6.03 Å². The lowest BCUT2D eigenvalue weighted by atomic mass is 10.1. The van der Waals surface area contributed by atoms with Crippen LogP contribution in [0.5, 0.6) is 5.75 Å². The average Bonchev–Trinajstić information content (AvgIpc) is 2.71. The van der Waals surface area contributed by atoms with Crippen LogP contribution in [0.15, 0.2) is 78.9 Å². The van der Waals surface area contributed by atoms with E-state index in [-0.39, 0.29) is 0 Å². The summed E-state index contributed by atoms with van der Waals surface area (Å²) in [5.41, 5.74) is 15.0. The molecular weight excluding hydrogens is 338 g/mol. The quantitative estimate of drug-likeness (QED) is 0.671. The molecule has 0 bridgehead atoms. The molecular formula is C22H23N3O2. The van der Waals surface area contributed by atoms with Gasteiger partial charge in [-0.1, -0.05) is 60.7 Å². The molecule has 0 aromatic heterocycles. The first-order valence-corrected chi connectivity index (χ1v) is 8.77. The predicted molar refractivity (Wildman–Crippen MR) is 107 cm³/mol. The van der Waals surface area contributed by atoms with Crippen molar-refractivity contribution in [1.82, 2.24) is 0 Å².